The number of aliphatic hydroxyl groups excluding tert-OH is 3. The van der Waals surface area contributed by atoms with Crippen molar-refractivity contribution in [3.63, 3.8) is 0 Å². The summed E-state index contributed by atoms with van der Waals surface area (Å²) in [4.78, 5) is 13.8. The topological polar surface area (TPSA) is 87.0 Å². The normalized spacial score (nSPS) is 18.1. The van der Waals surface area contributed by atoms with Gasteiger partial charge in [-0.1, -0.05) is 92.6 Å². The van der Waals surface area contributed by atoms with Gasteiger partial charge in [-0.3, -0.25) is 4.79 Å². The predicted octanol–water partition coefficient (Wildman–Crippen LogP) is 5.91. The van der Waals surface area contributed by atoms with E-state index in [1.165, 1.54) is 17.3 Å². The van der Waals surface area contributed by atoms with Crippen LogP contribution in [0.15, 0.2) is 30.3 Å². The van der Waals surface area contributed by atoms with Gasteiger partial charge in [0.25, 0.3) is 0 Å². The summed E-state index contributed by atoms with van der Waals surface area (Å²) in [5.41, 5.74) is -0.0197. The maximum atomic E-state index is 13.8. The minimum Gasteiger partial charge on any atom is -0.462 e. The lowest BCUT2D eigenvalue weighted by atomic mass is 9.51. The van der Waals surface area contributed by atoms with Gasteiger partial charge in [0.05, 0.1) is 24.2 Å². The van der Waals surface area contributed by atoms with Gasteiger partial charge in [-0.05, 0) is 47.0 Å². The van der Waals surface area contributed by atoms with Crippen LogP contribution in [0, 0.1) is 27.6 Å². The predicted molar refractivity (Wildman–Crippen MR) is 151 cm³/mol. The maximum Gasteiger partial charge on any atom is 0.312 e. The molecule has 6 heteroatoms. The molecule has 0 aliphatic rings. The Morgan fingerprint density at radius 2 is 1.44 bits per heavy atom. The van der Waals surface area contributed by atoms with Gasteiger partial charge in [0.1, 0.15) is 6.61 Å². The van der Waals surface area contributed by atoms with E-state index in [0.29, 0.717) is 11.5 Å². The van der Waals surface area contributed by atoms with Gasteiger partial charge in [-0.25, -0.2) is 0 Å². The lowest BCUT2D eigenvalue weighted by Crippen LogP contribution is -2.53. The van der Waals surface area contributed by atoms with Crippen LogP contribution >= 0.6 is 11.8 Å². The quantitative estimate of drug-likeness (QED) is 0.278. The van der Waals surface area contributed by atoms with E-state index in [2.05, 4.69) is 86.6 Å². The Labute approximate surface area is 224 Å². The van der Waals surface area contributed by atoms with Crippen molar-refractivity contribution in [2.75, 3.05) is 24.7 Å². The number of hydrogen-bond donors (Lipinski definition) is 3. The standard InChI is InChI=1S/C30H52O5S/c1-21(29(8,9)25(16-27(2,3)4)22-14-12-11-13-15-22)30(10,28(5,6)7)26(34)35-18-24(33)20-36-19-23(32)17-31/h11-15,21,23-25,31-33H,16-20H2,1-10H3. The van der Waals surface area contributed by atoms with E-state index in [1.807, 2.05) is 13.0 Å². The summed E-state index contributed by atoms with van der Waals surface area (Å²) in [5, 5.41) is 28.8. The van der Waals surface area contributed by atoms with Crippen molar-refractivity contribution in [1.29, 1.82) is 0 Å². The zero-order valence-corrected chi connectivity index (χ0v) is 25.1. The highest BCUT2D eigenvalue weighted by Crippen LogP contribution is 2.57. The van der Waals surface area contributed by atoms with E-state index in [9.17, 15) is 15.0 Å². The van der Waals surface area contributed by atoms with Crippen LogP contribution in [0.1, 0.15) is 87.1 Å². The fourth-order valence-corrected chi connectivity index (χ4v) is 5.93. The van der Waals surface area contributed by atoms with Gasteiger partial charge in [0.15, 0.2) is 0 Å². The van der Waals surface area contributed by atoms with Gasteiger partial charge in [-0.2, -0.15) is 11.8 Å². The smallest absolute Gasteiger partial charge is 0.312 e. The largest absolute Gasteiger partial charge is 0.462 e. The molecule has 0 bridgehead atoms. The molecule has 1 rings (SSSR count). The number of thioether (sulfide) groups is 1. The van der Waals surface area contributed by atoms with Crippen LogP contribution in [-0.4, -0.2) is 58.2 Å². The first-order valence-electron chi connectivity index (χ1n) is 13.1. The van der Waals surface area contributed by atoms with Gasteiger partial charge in [0, 0.05) is 11.5 Å². The molecule has 0 fully saturated rings. The number of esters is 1. The van der Waals surface area contributed by atoms with Crippen molar-refractivity contribution in [2.45, 2.75) is 93.8 Å². The van der Waals surface area contributed by atoms with Crippen molar-refractivity contribution >= 4 is 17.7 Å². The second kappa shape index (κ2) is 13.1. The van der Waals surface area contributed by atoms with Crippen molar-refractivity contribution in [2.24, 2.45) is 27.6 Å². The van der Waals surface area contributed by atoms with Crippen LogP contribution in [0.2, 0.25) is 0 Å². The van der Waals surface area contributed by atoms with Gasteiger partial charge < -0.3 is 20.1 Å². The molecule has 5 unspecified atom stereocenters. The number of rotatable bonds is 13. The molecule has 0 radical (unpaired) electrons. The third kappa shape index (κ3) is 8.75. The lowest BCUT2D eigenvalue weighted by molar-refractivity contribution is -0.175. The van der Waals surface area contributed by atoms with E-state index < -0.39 is 17.6 Å². The molecule has 1 aromatic rings. The van der Waals surface area contributed by atoms with Crippen LogP contribution in [0.3, 0.4) is 0 Å². The molecule has 3 N–H and O–H groups in total. The molecular weight excluding hydrogens is 472 g/mol. The minimum absolute atomic E-state index is 0.0312. The molecule has 0 heterocycles. The SMILES string of the molecule is CC(C(C)(C)C(CC(C)(C)C)c1ccccc1)C(C)(C(=O)OCC(O)CSCC(O)CO)C(C)(C)C. The maximum absolute atomic E-state index is 13.8. The van der Waals surface area contributed by atoms with Crippen molar-refractivity contribution in [1.82, 2.24) is 0 Å². The summed E-state index contributed by atoms with van der Waals surface area (Å²) in [6.07, 6.45) is -0.669. The van der Waals surface area contributed by atoms with Crippen LogP contribution in [0.25, 0.3) is 0 Å². The highest BCUT2D eigenvalue weighted by Gasteiger charge is 2.56. The zero-order valence-electron chi connectivity index (χ0n) is 24.3. The molecule has 5 nitrogen and oxygen atoms in total. The van der Waals surface area contributed by atoms with E-state index >= 15 is 0 Å². The molecule has 0 spiro atoms. The van der Waals surface area contributed by atoms with Crippen molar-refractivity contribution < 1.29 is 24.9 Å². The van der Waals surface area contributed by atoms with Crippen LogP contribution in [-0.2, 0) is 9.53 Å². The summed E-state index contributed by atoms with van der Waals surface area (Å²) < 4.78 is 5.77. The first-order chi connectivity index (χ1) is 16.4. The van der Waals surface area contributed by atoms with E-state index in [1.54, 1.807) is 0 Å². The number of carbonyl (C=O) groups is 1. The molecule has 0 amide bonds. The first-order valence-corrected chi connectivity index (χ1v) is 14.3. The van der Waals surface area contributed by atoms with Crippen LogP contribution < -0.4 is 0 Å². The number of ether oxygens (including phenoxy) is 1. The van der Waals surface area contributed by atoms with E-state index in [4.69, 9.17) is 9.84 Å². The summed E-state index contributed by atoms with van der Waals surface area (Å²) in [5.74, 6) is 0.553. The molecular formula is C30H52O5S. The van der Waals surface area contributed by atoms with Gasteiger partial charge in [-0.15, -0.1) is 0 Å². The highest BCUT2D eigenvalue weighted by molar-refractivity contribution is 7.99. The number of aliphatic hydroxyl groups is 3. The highest BCUT2D eigenvalue weighted by atomic mass is 32.2. The Hall–Kier alpha value is -1.08. The molecule has 0 aliphatic heterocycles. The zero-order chi connectivity index (χ0) is 27.9. The third-order valence-electron chi connectivity index (χ3n) is 8.12. The Morgan fingerprint density at radius 3 is 1.92 bits per heavy atom. The van der Waals surface area contributed by atoms with Gasteiger partial charge >= 0.3 is 5.97 Å². The Balaban J connectivity index is 3.21. The average Bonchev–Trinajstić information content (AvgIpc) is 2.78. The number of hydrogen-bond acceptors (Lipinski definition) is 6. The molecule has 0 saturated heterocycles. The number of benzene rings is 1. The lowest BCUT2D eigenvalue weighted by Gasteiger charge is -2.53. The van der Waals surface area contributed by atoms with Crippen molar-refractivity contribution in [3.8, 4) is 0 Å². The van der Waals surface area contributed by atoms with Gasteiger partial charge in [0.2, 0.25) is 0 Å². The van der Waals surface area contributed by atoms with E-state index in [0.717, 1.165) is 6.42 Å². The molecule has 0 saturated carbocycles. The molecule has 0 aliphatic carbocycles. The second-order valence-electron chi connectivity index (χ2n) is 13.3. The summed E-state index contributed by atoms with van der Waals surface area (Å²) in [7, 11) is 0. The Bertz CT molecular complexity index is 796. The Kier molecular flexibility index (Phi) is 12.0. The van der Waals surface area contributed by atoms with Crippen LogP contribution in [0.4, 0.5) is 0 Å². The fraction of sp³-hybridized carbons (Fsp3) is 0.767. The Morgan fingerprint density at radius 1 is 0.917 bits per heavy atom. The summed E-state index contributed by atoms with van der Waals surface area (Å²) in [6, 6.07) is 10.6. The molecule has 1 aromatic carbocycles. The average molecular weight is 525 g/mol. The minimum atomic E-state index is -0.838. The molecule has 5 atom stereocenters. The van der Waals surface area contributed by atoms with Crippen LogP contribution in [0.5, 0.6) is 0 Å². The fourth-order valence-electron chi connectivity index (χ4n) is 5.05. The summed E-state index contributed by atoms with van der Waals surface area (Å²) in [6.45, 7) is 21.4. The first kappa shape index (κ1) is 32.9. The van der Waals surface area contributed by atoms with Crippen molar-refractivity contribution in [3.05, 3.63) is 35.9 Å². The summed E-state index contributed by atoms with van der Waals surface area (Å²) >= 11 is 1.32. The number of carbonyl (C=O) groups excluding carboxylic acids is 1. The second-order valence-corrected chi connectivity index (χ2v) is 14.4. The molecule has 36 heavy (non-hydrogen) atoms. The van der Waals surface area contributed by atoms with E-state index in [-0.39, 0.29) is 47.3 Å². The molecule has 0 aromatic heterocycles. The molecule has 208 valence electrons. The monoisotopic (exact) mass is 524 g/mol. The third-order valence-corrected chi connectivity index (χ3v) is 9.36.